The SMILES string of the molecule is CCNC(=NCc1ncc(-c2ccccc2)[nH]1)NCCCN1CCCCC1C.I. The van der Waals surface area contributed by atoms with Gasteiger partial charge in [0.25, 0.3) is 0 Å². The van der Waals surface area contributed by atoms with Gasteiger partial charge in [0.05, 0.1) is 11.9 Å². The van der Waals surface area contributed by atoms with Gasteiger partial charge in [0, 0.05) is 25.7 Å². The molecule has 0 bridgehead atoms. The molecule has 1 saturated heterocycles. The molecule has 7 heteroatoms. The van der Waals surface area contributed by atoms with E-state index in [4.69, 9.17) is 0 Å². The van der Waals surface area contributed by atoms with Crippen LogP contribution in [0, 0.1) is 0 Å². The van der Waals surface area contributed by atoms with Crippen molar-refractivity contribution in [2.24, 2.45) is 4.99 Å². The molecule has 1 aromatic carbocycles. The van der Waals surface area contributed by atoms with Gasteiger partial charge in [0.2, 0.25) is 0 Å². The molecule has 0 radical (unpaired) electrons. The maximum Gasteiger partial charge on any atom is 0.191 e. The van der Waals surface area contributed by atoms with Crippen molar-refractivity contribution < 1.29 is 0 Å². The van der Waals surface area contributed by atoms with E-state index in [-0.39, 0.29) is 24.0 Å². The molecule has 3 N–H and O–H groups in total. The molecule has 160 valence electrons. The first kappa shape index (κ1) is 23.7. The Labute approximate surface area is 192 Å². The van der Waals surface area contributed by atoms with E-state index in [1.807, 2.05) is 24.4 Å². The van der Waals surface area contributed by atoms with Crippen molar-refractivity contribution in [3.8, 4) is 11.3 Å². The summed E-state index contributed by atoms with van der Waals surface area (Å²) in [5.74, 6) is 1.73. The lowest BCUT2D eigenvalue weighted by molar-refractivity contribution is 0.159. The van der Waals surface area contributed by atoms with Crippen LogP contribution in [0.15, 0.2) is 41.5 Å². The van der Waals surface area contributed by atoms with Gasteiger partial charge in [-0.15, -0.1) is 24.0 Å². The van der Waals surface area contributed by atoms with Crippen molar-refractivity contribution in [3.05, 3.63) is 42.4 Å². The number of benzene rings is 1. The Balaban J connectivity index is 0.00000300. The van der Waals surface area contributed by atoms with Gasteiger partial charge in [-0.3, -0.25) is 0 Å². The molecule has 6 nitrogen and oxygen atoms in total. The number of halogens is 1. The first-order valence-electron chi connectivity index (χ1n) is 10.6. The van der Waals surface area contributed by atoms with Gasteiger partial charge < -0.3 is 20.5 Å². The summed E-state index contributed by atoms with van der Waals surface area (Å²) in [5.41, 5.74) is 2.17. The van der Waals surface area contributed by atoms with Gasteiger partial charge in [0.15, 0.2) is 5.96 Å². The number of nitrogens with one attached hydrogen (secondary N) is 3. The highest BCUT2D eigenvalue weighted by atomic mass is 127. The summed E-state index contributed by atoms with van der Waals surface area (Å²) in [6.45, 7) is 9.16. The van der Waals surface area contributed by atoms with E-state index in [1.165, 1.54) is 25.8 Å². The van der Waals surface area contributed by atoms with Crippen LogP contribution in [0.3, 0.4) is 0 Å². The Hall–Kier alpha value is -1.61. The Morgan fingerprint density at radius 1 is 1.24 bits per heavy atom. The maximum atomic E-state index is 4.68. The van der Waals surface area contributed by atoms with Crippen LogP contribution >= 0.6 is 24.0 Å². The predicted octanol–water partition coefficient (Wildman–Crippen LogP) is 4.01. The molecule has 0 spiro atoms. The topological polar surface area (TPSA) is 68.3 Å². The second kappa shape index (κ2) is 12.8. The fourth-order valence-electron chi connectivity index (χ4n) is 3.68. The van der Waals surface area contributed by atoms with E-state index in [0.717, 1.165) is 55.1 Å². The number of aromatic nitrogens is 2. The van der Waals surface area contributed by atoms with Crippen molar-refractivity contribution in [2.75, 3.05) is 26.2 Å². The smallest absolute Gasteiger partial charge is 0.191 e. The zero-order valence-electron chi connectivity index (χ0n) is 17.7. The number of nitrogens with zero attached hydrogens (tertiary/aromatic N) is 3. The Morgan fingerprint density at radius 2 is 2.07 bits per heavy atom. The van der Waals surface area contributed by atoms with Crippen molar-refractivity contribution in [1.82, 2.24) is 25.5 Å². The van der Waals surface area contributed by atoms with Gasteiger partial charge in [-0.1, -0.05) is 36.8 Å². The average Bonchev–Trinajstić information content (AvgIpc) is 3.20. The van der Waals surface area contributed by atoms with E-state index in [1.54, 1.807) is 0 Å². The molecule has 29 heavy (non-hydrogen) atoms. The van der Waals surface area contributed by atoms with Crippen molar-refractivity contribution in [1.29, 1.82) is 0 Å². The van der Waals surface area contributed by atoms with Gasteiger partial charge in [-0.25, -0.2) is 9.98 Å². The van der Waals surface area contributed by atoms with E-state index < -0.39 is 0 Å². The first-order valence-corrected chi connectivity index (χ1v) is 10.6. The second-order valence-electron chi connectivity index (χ2n) is 7.47. The Morgan fingerprint density at radius 3 is 2.83 bits per heavy atom. The molecule has 2 aromatic rings. The molecular formula is C22H35IN6. The van der Waals surface area contributed by atoms with Crippen LogP contribution in [0.5, 0.6) is 0 Å². The number of H-pyrrole nitrogens is 1. The van der Waals surface area contributed by atoms with Gasteiger partial charge >= 0.3 is 0 Å². The van der Waals surface area contributed by atoms with E-state index in [9.17, 15) is 0 Å². The van der Waals surface area contributed by atoms with E-state index >= 15 is 0 Å². The fourth-order valence-corrected chi connectivity index (χ4v) is 3.68. The summed E-state index contributed by atoms with van der Waals surface area (Å²) in [4.78, 5) is 15.1. The molecule has 1 aliphatic heterocycles. The number of piperidine rings is 1. The minimum absolute atomic E-state index is 0. The minimum Gasteiger partial charge on any atom is -0.357 e. The molecule has 3 rings (SSSR count). The van der Waals surface area contributed by atoms with Crippen LogP contribution in [0.1, 0.15) is 45.4 Å². The molecular weight excluding hydrogens is 475 g/mol. The summed E-state index contributed by atoms with van der Waals surface area (Å²) in [6.07, 6.45) is 7.07. The number of aromatic amines is 1. The van der Waals surface area contributed by atoms with Crippen molar-refractivity contribution >= 4 is 29.9 Å². The maximum absolute atomic E-state index is 4.68. The van der Waals surface area contributed by atoms with Crippen LogP contribution in [-0.2, 0) is 6.54 Å². The largest absolute Gasteiger partial charge is 0.357 e. The molecule has 1 atom stereocenters. The minimum atomic E-state index is 0. The lowest BCUT2D eigenvalue weighted by Crippen LogP contribution is -2.41. The summed E-state index contributed by atoms with van der Waals surface area (Å²) < 4.78 is 0. The second-order valence-corrected chi connectivity index (χ2v) is 7.47. The lowest BCUT2D eigenvalue weighted by atomic mass is 10.0. The number of hydrogen-bond acceptors (Lipinski definition) is 3. The van der Waals surface area contributed by atoms with Crippen LogP contribution in [0.25, 0.3) is 11.3 Å². The monoisotopic (exact) mass is 510 g/mol. The quantitative estimate of drug-likeness (QED) is 0.217. The van der Waals surface area contributed by atoms with Gasteiger partial charge in [0.1, 0.15) is 12.4 Å². The molecule has 0 amide bonds. The summed E-state index contributed by atoms with van der Waals surface area (Å²) in [6, 6.07) is 11.0. The number of hydrogen-bond donors (Lipinski definition) is 3. The van der Waals surface area contributed by atoms with Crippen LogP contribution in [-0.4, -0.2) is 53.0 Å². The zero-order valence-corrected chi connectivity index (χ0v) is 20.0. The third-order valence-electron chi connectivity index (χ3n) is 5.30. The number of rotatable bonds is 8. The summed E-state index contributed by atoms with van der Waals surface area (Å²) in [7, 11) is 0. The number of guanidine groups is 1. The Bertz CT molecular complexity index is 730. The molecule has 0 saturated carbocycles. The summed E-state index contributed by atoms with van der Waals surface area (Å²) >= 11 is 0. The number of imidazole rings is 1. The highest BCUT2D eigenvalue weighted by molar-refractivity contribution is 14.0. The third-order valence-corrected chi connectivity index (χ3v) is 5.30. The van der Waals surface area contributed by atoms with Crippen LogP contribution < -0.4 is 10.6 Å². The normalized spacial score (nSPS) is 17.6. The molecule has 1 aromatic heterocycles. The zero-order chi connectivity index (χ0) is 19.6. The van der Waals surface area contributed by atoms with Crippen LogP contribution in [0.2, 0.25) is 0 Å². The molecule has 1 aliphatic rings. The van der Waals surface area contributed by atoms with Gasteiger partial charge in [-0.2, -0.15) is 0 Å². The molecule has 1 fully saturated rings. The van der Waals surface area contributed by atoms with Crippen molar-refractivity contribution in [2.45, 2.75) is 52.1 Å². The Kier molecular flexibility index (Phi) is 10.5. The average molecular weight is 510 g/mol. The van der Waals surface area contributed by atoms with Crippen molar-refractivity contribution in [3.63, 3.8) is 0 Å². The standard InChI is InChI=1S/C22H34N6.HI/c1-3-23-22(24-13-9-15-28-14-8-7-10-18(28)2)26-17-21-25-16-20(27-21)19-11-5-4-6-12-19;/h4-6,11-12,16,18H,3,7-10,13-15,17H2,1-2H3,(H,25,27)(H2,23,24,26);1H. The lowest BCUT2D eigenvalue weighted by Gasteiger charge is -2.33. The van der Waals surface area contributed by atoms with E-state index in [2.05, 4.69) is 56.5 Å². The van der Waals surface area contributed by atoms with Crippen LogP contribution in [0.4, 0.5) is 0 Å². The number of likely N-dealkylation sites (tertiary alicyclic amines) is 1. The molecule has 2 heterocycles. The van der Waals surface area contributed by atoms with E-state index in [0.29, 0.717) is 6.54 Å². The predicted molar refractivity (Wildman–Crippen MR) is 132 cm³/mol. The highest BCUT2D eigenvalue weighted by Gasteiger charge is 2.17. The number of aliphatic imine (C=N–C) groups is 1. The first-order chi connectivity index (χ1) is 13.8. The van der Waals surface area contributed by atoms with Gasteiger partial charge in [-0.05, 0) is 45.2 Å². The summed E-state index contributed by atoms with van der Waals surface area (Å²) in [5, 5.41) is 6.78. The fraction of sp³-hybridized carbons (Fsp3) is 0.545. The molecule has 1 unspecified atom stereocenters. The third kappa shape index (κ3) is 7.62. The highest BCUT2D eigenvalue weighted by Crippen LogP contribution is 2.17. The molecule has 0 aliphatic carbocycles.